The molecule has 2 atom stereocenters. The molecule has 0 aliphatic carbocycles. The predicted molar refractivity (Wildman–Crippen MR) is 112 cm³/mol. The Bertz CT molecular complexity index is 733. The van der Waals surface area contributed by atoms with Crippen molar-refractivity contribution in [1.82, 2.24) is 20.0 Å². The number of rotatable bonds is 5. The zero-order valence-corrected chi connectivity index (χ0v) is 17.1. The van der Waals surface area contributed by atoms with Crippen LogP contribution in [-0.4, -0.2) is 52.5 Å². The van der Waals surface area contributed by atoms with Gasteiger partial charge in [-0.1, -0.05) is 18.2 Å². The quantitative estimate of drug-likeness (QED) is 0.772. The van der Waals surface area contributed by atoms with Gasteiger partial charge in [-0.2, -0.15) is 5.10 Å². The van der Waals surface area contributed by atoms with E-state index in [1.165, 1.54) is 11.3 Å². The van der Waals surface area contributed by atoms with E-state index in [-0.39, 0.29) is 18.3 Å². The van der Waals surface area contributed by atoms with E-state index >= 15 is 0 Å². The molecular weight excluding hydrogens is 380 g/mol. The molecule has 2 aromatic rings. The van der Waals surface area contributed by atoms with Crippen LogP contribution in [0.25, 0.3) is 0 Å². The van der Waals surface area contributed by atoms with Crippen molar-refractivity contribution in [2.45, 2.75) is 30.2 Å². The topological polar surface area (TPSA) is 50.2 Å². The maximum Gasteiger partial charge on any atom is 0.274 e. The first-order valence-corrected chi connectivity index (χ1v) is 10.5. The Hall–Kier alpha value is -1.50. The summed E-state index contributed by atoms with van der Waals surface area (Å²) in [7, 11) is 0. The Labute approximate surface area is 171 Å². The number of benzene rings is 1. The Balaban J connectivity index is 0.00000210. The molecule has 2 unspecified atom stereocenters. The Kier molecular flexibility index (Phi) is 7.21. The van der Waals surface area contributed by atoms with Crippen LogP contribution in [0.1, 0.15) is 35.8 Å². The van der Waals surface area contributed by atoms with Crippen LogP contribution in [0.2, 0.25) is 0 Å². The molecule has 5 nitrogen and oxygen atoms in total. The molecule has 0 bridgehead atoms. The number of halogens is 1. The molecule has 4 rings (SSSR count). The molecule has 146 valence electrons. The largest absolute Gasteiger partial charge is 0.337 e. The highest BCUT2D eigenvalue weighted by molar-refractivity contribution is 7.99. The van der Waals surface area contributed by atoms with Gasteiger partial charge < -0.3 is 10.2 Å². The van der Waals surface area contributed by atoms with E-state index in [0.717, 1.165) is 44.8 Å². The lowest BCUT2D eigenvalue weighted by molar-refractivity contribution is 0.0781. The van der Waals surface area contributed by atoms with E-state index in [9.17, 15) is 4.79 Å². The highest BCUT2D eigenvalue weighted by Crippen LogP contribution is 2.26. The van der Waals surface area contributed by atoms with Gasteiger partial charge in [-0.25, -0.2) is 0 Å². The minimum absolute atomic E-state index is 0. The van der Waals surface area contributed by atoms with Crippen molar-refractivity contribution in [3.05, 3.63) is 48.3 Å². The van der Waals surface area contributed by atoms with E-state index in [0.29, 0.717) is 17.7 Å². The van der Waals surface area contributed by atoms with E-state index in [1.807, 2.05) is 39.7 Å². The fraction of sp³-hybridized carbons (Fsp3) is 0.500. The average molecular weight is 407 g/mol. The number of piperidine rings is 1. The van der Waals surface area contributed by atoms with Crippen molar-refractivity contribution in [1.29, 1.82) is 0 Å². The SMILES string of the molecule is Cl.O=C(c1ccn(C2CCCNC2)n1)N1CCC(CSc2ccccc2)C1. The third-order valence-electron chi connectivity index (χ3n) is 5.27. The van der Waals surface area contributed by atoms with Crippen molar-refractivity contribution in [2.75, 3.05) is 31.9 Å². The number of carbonyl (C=O) groups is 1. The van der Waals surface area contributed by atoms with E-state index < -0.39 is 0 Å². The second-order valence-corrected chi connectivity index (χ2v) is 8.30. The highest BCUT2D eigenvalue weighted by Gasteiger charge is 2.28. The van der Waals surface area contributed by atoms with Gasteiger partial charge in [0.05, 0.1) is 6.04 Å². The number of amides is 1. The molecule has 0 radical (unpaired) electrons. The lowest BCUT2D eigenvalue weighted by Crippen LogP contribution is -2.32. The number of likely N-dealkylation sites (tertiary alicyclic amines) is 1. The minimum atomic E-state index is 0. The van der Waals surface area contributed by atoms with E-state index in [4.69, 9.17) is 0 Å². The third-order valence-corrected chi connectivity index (χ3v) is 6.52. The molecule has 3 heterocycles. The second-order valence-electron chi connectivity index (χ2n) is 7.21. The number of nitrogens with one attached hydrogen (secondary N) is 1. The summed E-state index contributed by atoms with van der Waals surface area (Å²) >= 11 is 1.89. The fourth-order valence-corrected chi connectivity index (χ4v) is 4.81. The first-order chi connectivity index (χ1) is 12.8. The van der Waals surface area contributed by atoms with Crippen LogP contribution in [0.3, 0.4) is 0 Å². The molecule has 1 aromatic carbocycles. The van der Waals surface area contributed by atoms with Gasteiger partial charge in [0, 0.05) is 36.5 Å². The summed E-state index contributed by atoms with van der Waals surface area (Å²) in [5, 5.41) is 7.98. The van der Waals surface area contributed by atoms with Gasteiger partial charge in [0.1, 0.15) is 5.69 Å². The summed E-state index contributed by atoms with van der Waals surface area (Å²) in [6, 6.07) is 12.7. The molecule has 1 aromatic heterocycles. The van der Waals surface area contributed by atoms with Gasteiger partial charge in [0.15, 0.2) is 0 Å². The molecule has 0 saturated carbocycles. The first-order valence-electron chi connectivity index (χ1n) is 9.52. The first kappa shape index (κ1) is 20.2. The number of aromatic nitrogens is 2. The number of hydrogen-bond acceptors (Lipinski definition) is 4. The lowest BCUT2D eigenvalue weighted by atomic mass is 10.1. The standard InChI is InChI=1S/C20H26N4OS.ClH/c25-20(19-9-12-24(22-19)17-5-4-10-21-13-17)23-11-8-16(14-23)15-26-18-6-2-1-3-7-18;/h1-3,6-7,9,12,16-17,21H,4-5,8,10-11,13-15H2;1H. The number of nitrogens with zero attached hydrogens (tertiary/aromatic N) is 3. The summed E-state index contributed by atoms with van der Waals surface area (Å²) in [4.78, 5) is 16.1. The molecular formula is C20H27ClN4OS. The van der Waals surface area contributed by atoms with Crippen molar-refractivity contribution in [3.8, 4) is 0 Å². The maximum atomic E-state index is 12.8. The monoisotopic (exact) mass is 406 g/mol. The van der Waals surface area contributed by atoms with Crippen LogP contribution in [0, 0.1) is 5.92 Å². The molecule has 2 aliphatic heterocycles. The Morgan fingerprint density at radius 3 is 2.85 bits per heavy atom. The highest BCUT2D eigenvalue weighted by atomic mass is 35.5. The van der Waals surface area contributed by atoms with Gasteiger partial charge >= 0.3 is 0 Å². The van der Waals surface area contributed by atoms with Crippen LogP contribution in [-0.2, 0) is 0 Å². The van der Waals surface area contributed by atoms with Crippen LogP contribution >= 0.6 is 24.2 Å². The maximum absolute atomic E-state index is 12.8. The second kappa shape index (κ2) is 9.62. The lowest BCUT2D eigenvalue weighted by Gasteiger charge is -2.23. The Morgan fingerprint density at radius 1 is 1.22 bits per heavy atom. The number of thioether (sulfide) groups is 1. The molecule has 0 spiro atoms. The zero-order chi connectivity index (χ0) is 17.8. The van der Waals surface area contributed by atoms with Crippen LogP contribution in [0.15, 0.2) is 47.5 Å². The van der Waals surface area contributed by atoms with Crippen molar-refractivity contribution in [2.24, 2.45) is 5.92 Å². The third kappa shape index (κ3) is 5.06. The van der Waals surface area contributed by atoms with Crippen molar-refractivity contribution in [3.63, 3.8) is 0 Å². The number of hydrogen-bond donors (Lipinski definition) is 1. The molecule has 1 N–H and O–H groups in total. The molecule has 2 aliphatic rings. The number of carbonyl (C=O) groups excluding carboxylic acids is 1. The average Bonchev–Trinajstić information content (AvgIpc) is 3.37. The zero-order valence-electron chi connectivity index (χ0n) is 15.4. The molecule has 2 saturated heterocycles. The van der Waals surface area contributed by atoms with Crippen LogP contribution in [0.4, 0.5) is 0 Å². The molecule has 7 heteroatoms. The van der Waals surface area contributed by atoms with Crippen molar-refractivity contribution >= 4 is 30.1 Å². The summed E-state index contributed by atoms with van der Waals surface area (Å²) in [6.07, 6.45) is 5.34. The summed E-state index contributed by atoms with van der Waals surface area (Å²) in [5.41, 5.74) is 0.590. The van der Waals surface area contributed by atoms with Gasteiger partial charge in [-0.3, -0.25) is 9.48 Å². The van der Waals surface area contributed by atoms with E-state index in [1.54, 1.807) is 0 Å². The Morgan fingerprint density at radius 2 is 2.07 bits per heavy atom. The van der Waals surface area contributed by atoms with E-state index in [2.05, 4.69) is 34.7 Å². The summed E-state index contributed by atoms with van der Waals surface area (Å²) < 4.78 is 1.97. The van der Waals surface area contributed by atoms with Gasteiger partial charge in [0.25, 0.3) is 5.91 Å². The summed E-state index contributed by atoms with van der Waals surface area (Å²) in [6.45, 7) is 3.71. The molecule has 2 fully saturated rings. The smallest absolute Gasteiger partial charge is 0.274 e. The minimum Gasteiger partial charge on any atom is -0.337 e. The van der Waals surface area contributed by atoms with Crippen molar-refractivity contribution < 1.29 is 4.79 Å². The predicted octanol–water partition coefficient (Wildman–Crippen LogP) is 3.48. The molecule has 1 amide bonds. The molecule has 27 heavy (non-hydrogen) atoms. The van der Waals surface area contributed by atoms with Gasteiger partial charge in [-0.15, -0.1) is 24.2 Å². The normalized spacial score (nSPS) is 22.4. The summed E-state index contributed by atoms with van der Waals surface area (Å²) in [5.74, 6) is 1.71. The van der Waals surface area contributed by atoms with Crippen LogP contribution in [0.5, 0.6) is 0 Å². The van der Waals surface area contributed by atoms with Gasteiger partial charge in [-0.05, 0) is 49.9 Å². The fourth-order valence-electron chi connectivity index (χ4n) is 3.76. The van der Waals surface area contributed by atoms with Gasteiger partial charge in [0.2, 0.25) is 0 Å². The van der Waals surface area contributed by atoms with Crippen LogP contribution < -0.4 is 5.32 Å².